The Kier molecular flexibility index (Phi) is 7.16. The highest BCUT2D eigenvalue weighted by molar-refractivity contribution is 5.94. The Balaban J connectivity index is 1.24. The number of nitrogens with one attached hydrogen (secondary N) is 1. The van der Waals surface area contributed by atoms with Gasteiger partial charge in [0.2, 0.25) is 0 Å². The summed E-state index contributed by atoms with van der Waals surface area (Å²) in [6, 6.07) is 11.7. The smallest absolute Gasteiger partial charge is 0.253 e. The molecule has 160 valence electrons. The Bertz CT molecular complexity index is 815. The van der Waals surface area contributed by atoms with E-state index in [1.54, 1.807) is 6.20 Å². The molecule has 7 nitrogen and oxygen atoms in total. The zero-order valence-electron chi connectivity index (χ0n) is 17.4. The number of morpholine rings is 1. The number of pyridine rings is 1. The standard InChI is InChI=1S/C23H30N4O3/c28-23(20-6-7-22(24-18-20)27-8-1-2-9-27)25-17-19-4-3-5-21(16-19)30-15-12-26-10-13-29-14-11-26/h3-7,16,18H,1-2,8-15,17H2,(H,25,28). The normalized spacial score (nSPS) is 17.1. The predicted molar refractivity (Wildman–Crippen MR) is 116 cm³/mol. The van der Waals surface area contributed by atoms with Crippen LogP contribution in [0, 0.1) is 0 Å². The maximum absolute atomic E-state index is 12.5. The molecule has 2 aliphatic rings. The fraction of sp³-hybridized carbons (Fsp3) is 0.478. The van der Waals surface area contributed by atoms with Crippen molar-refractivity contribution in [1.82, 2.24) is 15.2 Å². The van der Waals surface area contributed by atoms with Crippen molar-refractivity contribution in [1.29, 1.82) is 0 Å². The lowest BCUT2D eigenvalue weighted by atomic mass is 10.2. The second-order valence-corrected chi connectivity index (χ2v) is 7.73. The van der Waals surface area contributed by atoms with Gasteiger partial charge in [0.1, 0.15) is 18.2 Å². The van der Waals surface area contributed by atoms with Gasteiger partial charge in [-0.3, -0.25) is 9.69 Å². The molecule has 0 radical (unpaired) electrons. The van der Waals surface area contributed by atoms with Gasteiger partial charge in [-0.05, 0) is 42.7 Å². The van der Waals surface area contributed by atoms with Crippen molar-refractivity contribution in [2.75, 3.05) is 57.4 Å². The van der Waals surface area contributed by atoms with Gasteiger partial charge >= 0.3 is 0 Å². The molecule has 1 amide bonds. The first-order chi connectivity index (χ1) is 14.8. The largest absolute Gasteiger partial charge is 0.492 e. The van der Waals surface area contributed by atoms with Gasteiger partial charge in [-0.1, -0.05) is 12.1 Å². The number of hydrogen-bond acceptors (Lipinski definition) is 6. The van der Waals surface area contributed by atoms with Crippen LogP contribution in [0.25, 0.3) is 0 Å². The van der Waals surface area contributed by atoms with Crippen molar-refractivity contribution >= 4 is 11.7 Å². The monoisotopic (exact) mass is 410 g/mol. The van der Waals surface area contributed by atoms with Gasteiger partial charge < -0.3 is 19.7 Å². The van der Waals surface area contributed by atoms with E-state index in [2.05, 4.69) is 20.1 Å². The van der Waals surface area contributed by atoms with E-state index < -0.39 is 0 Å². The van der Waals surface area contributed by atoms with Crippen LogP contribution in [0.5, 0.6) is 5.75 Å². The van der Waals surface area contributed by atoms with Gasteiger partial charge in [-0.25, -0.2) is 4.98 Å². The molecule has 0 spiro atoms. The molecule has 0 atom stereocenters. The number of amides is 1. The molecule has 0 bridgehead atoms. The third-order valence-corrected chi connectivity index (χ3v) is 5.57. The molecule has 2 saturated heterocycles. The third-order valence-electron chi connectivity index (χ3n) is 5.57. The molecule has 4 rings (SSSR count). The van der Waals surface area contributed by atoms with Gasteiger partial charge in [0.25, 0.3) is 5.91 Å². The van der Waals surface area contributed by atoms with Gasteiger partial charge in [0, 0.05) is 45.5 Å². The van der Waals surface area contributed by atoms with Crippen molar-refractivity contribution in [3.8, 4) is 5.75 Å². The van der Waals surface area contributed by atoms with Gasteiger partial charge in [-0.15, -0.1) is 0 Å². The van der Waals surface area contributed by atoms with E-state index in [9.17, 15) is 4.79 Å². The average molecular weight is 411 g/mol. The summed E-state index contributed by atoms with van der Waals surface area (Å²) >= 11 is 0. The molecule has 2 aliphatic heterocycles. The molecule has 0 unspecified atom stereocenters. The van der Waals surface area contributed by atoms with Crippen molar-refractivity contribution in [2.24, 2.45) is 0 Å². The number of carbonyl (C=O) groups is 1. The summed E-state index contributed by atoms with van der Waals surface area (Å²) in [5.41, 5.74) is 1.59. The van der Waals surface area contributed by atoms with Crippen LogP contribution in [-0.4, -0.2) is 68.3 Å². The van der Waals surface area contributed by atoms with Crippen LogP contribution in [0.1, 0.15) is 28.8 Å². The number of benzene rings is 1. The molecule has 1 N–H and O–H groups in total. The molecule has 3 heterocycles. The van der Waals surface area contributed by atoms with E-state index in [1.807, 2.05) is 36.4 Å². The number of carbonyl (C=O) groups excluding carboxylic acids is 1. The van der Waals surface area contributed by atoms with Gasteiger partial charge in [0.15, 0.2) is 0 Å². The van der Waals surface area contributed by atoms with E-state index in [0.29, 0.717) is 18.7 Å². The number of ether oxygens (including phenoxy) is 2. The molecule has 30 heavy (non-hydrogen) atoms. The summed E-state index contributed by atoms with van der Waals surface area (Å²) in [6.07, 6.45) is 4.08. The fourth-order valence-corrected chi connectivity index (χ4v) is 3.80. The highest BCUT2D eigenvalue weighted by Crippen LogP contribution is 2.18. The third kappa shape index (κ3) is 5.70. The highest BCUT2D eigenvalue weighted by atomic mass is 16.5. The molecule has 1 aromatic carbocycles. The van der Waals surface area contributed by atoms with Crippen LogP contribution < -0.4 is 15.0 Å². The van der Waals surface area contributed by atoms with E-state index in [0.717, 1.165) is 63.1 Å². The van der Waals surface area contributed by atoms with Crippen LogP contribution in [-0.2, 0) is 11.3 Å². The molecular formula is C23H30N4O3. The summed E-state index contributed by atoms with van der Waals surface area (Å²) in [5.74, 6) is 1.66. The Morgan fingerprint density at radius 2 is 1.93 bits per heavy atom. The molecule has 7 heteroatoms. The first kappa shape index (κ1) is 20.6. The summed E-state index contributed by atoms with van der Waals surface area (Å²) in [5, 5.41) is 2.97. The number of hydrogen-bond donors (Lipinski definition) is 1. The van der Waals surface area contributed by atoms with E-state index in [-0.39, 0.29) is 5.91 Å². The van der Waals surface area contributed by atoms with E-state index >= 15 is 0 Å². The van der Waals surface area contributed by atoms with Crippen LogP contribution in [0.4, 0.5) is 5.82 Å². The lowest BCUT2D eigenvalue weighted by Crippen LogP contribution is -2.38. The van der Waals surface area contributed by atoms with Crippen LogP contribution >= 0.6 is 0 Å². The number of nitrogens with zero attached hydrogens (tertiary/aromatic N) is 3. The Labute approximate surface area is 178 Å². The molecule has 0 aliphatic carbocycles. The highest BCUT2D eigenvalue weighted by Gasteiger charge is 2.14. The first-order valence-electron chi connectivity index (χ1n) is 10.8. The SMILES string of the molecule is O=C(NCc1cccc(OCCN2CCOCC2)c1)c1ccc(N2CCCC2)nc1. The number of aromatic nitrogens is 1. The number of rotatable bonds is 8. The van der Waals surface area contributed by atoms with Crippen molar-refractivity contribution in [3.05, 3.63) is 53.7 Å². The molecule has 0 saturated carbocycles. The van der Waals surface area contributed by atoms with Crippen molar-refractivity contribution < 1.29 is 14.3 Å². The maximum atomic E-state index is 12.5. The molecule has 2 fully saturated rings. The quantitative estimate of drug-likeness (QED) is 0.721. The van der Waals surface area contributed by atoms with Gasteiger partial charge in [0.05, 0.1) is 18.8 Å². The zero-order chi connectivity index (χ0) is 20.6. The minimum atomic E-state index is -0.117. The van der Waals surface area contributed by atoms with Crippen LogP contribution in [0.15, 0.2) is 42.6 Å². The Morgan fingerprint density at radius 1 is 1.10 bits per heavy atom. The maximum Gasteiger partial charge on any atom is 0.253 e. The topological polar surface area (TPSA) is 66.9 Å². The second kappa shape index (κ2) is 10.4. The van der Waals surface area contributed by atoms with E-state index in [4.69, 9.17) is 9.47 Å². The minimum absolute atomic E-state index is 0.117. The van der Waals surface area contributed by atoms with E-state index in [1.165, 1.54) is 12.8 Å². The Morgan fingerprint density at radius 3 is 2.70 bits per heavy atom. The summed E-state index contributed by atoms with van der Waals surface area (Å²) in [7, 11) is 0. The lowest BCUT2D eigenvalue weighted by Gasteiger charge is -2.26. The summed E-state index contributed by atoms with van der Waals surface area (Å²) in [6.45, 7) is 7.60. The Hall–Kier alpha value is -2.64. The van der Waals surface area contributed by atoms with Crippen molar-refractivity contribution in [3.63, 3.8) is 0 Å². The second-order valence-electron chi connectivity index (χ2n) is 7.73. The predicted octanol–water partition coefficient (Wildman–Crippen LogP) is 2.32. The molecular weight excluding hydrogens is 380 g/mol. The van der Waals surface area contributed by atoms with Crippen LogP contribution in [0.2, 0.25) is 0 Å². The zero-order valence-corrected chi connectivity index (χ0v) is 17.4. The minimum Gasteiger partial charge on any atom is -0.492 e. The molecule has 1 aromatic heterocycles. The summed E-state index contributed by atoms with van der Waals surface area (Å²) < 4.78 is 11.3. The lowest BCUT2D eigenvalue weighted by molar-refractivity contribution is 0.0322. The molecule has 2 aromatic rings. The van der Waals surface area contributed by atoms with Crippen LogP contribution in [0.3, 0.4) is 0 Å². The summed E-state index contributed by atoms with van der Waals surface area (Å²) in [4.78, 5) is 21.5. The van der Waals surface area contributed by atoms with Gasteiger partial charge in [-0.2, -0.15) is 0 Å². The fourth-order valence-electron chi connectivity index (χ4n) is 3.80. The van der Waals surface area contributed by atoms with Crippen molar-refractivity contribution in [2.45, 2.75) is 19.4 Å². The average Bonchev–Trinajstić information content (AvgIpc) is 3.34. The number of anilines is 1. The first-order valence-corrected chi connectivity index (χ1v) is 10.8.